The molecular formula is C14H23N2O4P. The van der Waals surface area contributed by atoms with Crippen LogP contribution in [0.25, 0.3) is 0 Å². The summed E-state index contributed by atoms with van der Waals surface area (Å²) in [5, 5.41) is 18.4. The average molecular weight is 316 g/mol. The standard InChI is InChI=1S/C14H23N2O4P/c17-10-8-15(9-11-18)21(19)16(7-4-12-20-21)13-14-5-2-1-3-6-14/h1-3,5-6,17-18H,4,7-13H2/i7D2. The lowest BCUT2D eigenvalue weighted by Crippen LogP contribution is -2.39. The zero-order chi connectivity index (χ0) is 16.9. The maximum Gasteiger partial charge on any atom is 0.346 e. The lowest BCUT2D eigenvalue weighted by atomic mass is 10.2. The molecule has 0 bridgehead atoms. The van der Waals surface area contributed by atoms with E-state index in [2.05, 4.69) is 0 Å². The van der Waals surface area contributed by atoms with Gasteiger partial charge in [-0.3, -0.25) is 4.57 Å². The van der Waals surface area contributed by atoms with Gasteiger partial charge in [-0.15, -0.1) is 0 Å². The Morgan fingerprint density at radius 3 is 2.57 bits per heavy atom. The first-order chi connectivity index (χ1) is 10.9. The average Bonchev–Trinajstić information content (AvgIpc) is 2.52. The van der Waals surface area contributed by atoms with E-state index in [0.717, 1.165) is 5.56 Å². The maximum atomic E-state index is 13.4. The molecule has 0 aromatic heterocycles. The molecular weight excluding hydrogens is 291 g/mol. The molecule has 0 radical (unpaired) electrons. The van der Waals surface area contributed by atoms with E-state index in [1.54, 1.807) is 0 Å². The number of rotatable bonds is 7. The molecule has 1 aliphatic rings. The molecule has 1 atom stereocenters. The van der Waals surface area contributed by atoms with Gasteiger partial charge in [0.1, 0.15) is 0 Å². The molecule has 0 aliphatic carbocycles. The van der Waals surface area contributed by atoms with Crippen molar-refractivity contribution in [3.05, 3.63) is 35.9 Å². The van der Waals surface area contributed by atoms with Crippen LogP contribution in [0, 0.1) is 0 Å². The predicted molar refractivity (Wildman–Crippen MR) is 80.8 cm³/mol. The van der Waals surface area contributed by atoms with Crippen LogP contribution in [0.2, 0.25) is 0 Å². The second kappa shape index (κ2) is 8.03. The zero-order valence-electron chi connectivity index (χ0n) is 13.9. The second-order valence-corrected chi connectivity index (χ2v) is 6.96. The van der Waals surface area contributed by atoms with Gasteiger partial charge >= 0.3 is 7.67 Å². The van der Waals surface area contributed by atoms with Crippen LogP contribution in [0.3, 0.4) is 0 Å². The summed E-state index contributed by atoms with van der Waals surface area (Å²) in [5.74, 6) is 0. The Balaban J connectivity index is 2.34. The van der Waals surface area contributed by atoms with Crippen LogP contribution in [-0.4, -0.2) is 59.0 Å². The van der Waals surface area contributed by atoms with Crippen molar-refractivity contribution in [2.75, 3.05) is 39.4 Å². The molecule has 118 valence electrons. The highest BCUT2D eigenvalue weighted by molar-refractivity contribution is 7.54. The summed E-state index contributed by atoms with van der Waals surface area (Å²) >= 11 is 0. The number of nitrogens with zero attached hydrogens (tertiary/aromatic N) is 2. The maximum absolute atomic E-state index is 13.4. The van der Waals surface area contributed by atoms with Crippen LogP contribution in [0.15, 0.2) is 30.3 Å². The Labute approximate surface area is 128 Å². The molecule has 2 rings (SSSR count). The number of aliphatic hydroxyl groups is 2. The van der Waals surface area contributed by atoms with Gasteiger partial charge in [-0.2, -0.15) is 0 Å². The van der Waals surface area contributed by atoms with E-state index < -0.39 is 14.2 Å². The minimum atomic E-state index is -3.68. The van der Waals surface area contributed by atoms with Gasteiger partial charge in [0.2, 0.25) is 0 Å². The van der Waals surface area contributed by atoms with Gasteiger partial charge in [-0.1, -0.05) is 30.3 Å². The molecule has 21 heavy (non-hydrogen) atoms. The quantitative estimate of drug-likeness (QED) is 0.739. The van der Waals surface area contributed by atoms with E-state index in [1.807, 2.05) is 30.3 Å². The SMILES string of the molecule is [2H]C1([2H])CCOP(=O)(N(CCO)CCO)N1Cc1ccccc1. The third-order valence-electron chi connectivity index (χ3n) is 3.21. The van der Waals surface area contributed by atoms with Crippen molar-refractivity contribution in [3.63, 3.8) is 0 Å². The molecule has 1 saturated heterocycles. The molecule has 6 nitrogen and oxygen atoms in total. The van der Waals surface area contributed by atoms with E-state index in [4.69, 9.17) is 7.27 Å². The van der Waals surface area contributed by atoms with Crippen molar-refractivity contribution in [1.82, 2.24) is 9.34 Å². The van der Waals surface area contributed by atoms with Crippen molar-refractivity contribution in [1.29, 1.82) is 0 Å². The Bertz CT molecular complexity index is 541. The Morgan fingerprint density at radius 2 is 1.95 bits per heavy atom. The van der Waals surface area contributed by atoms with Crippen molar-refractivity contribution in [2.24, 2.45) is 0 Å². The highest BCUT2D eigenvalue weighted by atomic mass is 31.2. The summed E-state index contributed by atoms with van der Waals surface area (Å²) < 4.78 is 38.0. The first-order valence-electron chi connectivity index (χ1n) is 7.98. The smallest absolute Gasteiger partial charge is 0.346 e. The minimum absolute atomic E-state index is 0.0307. The Kier molecular flexibility index (Phi) is 5.31. The van der Waals surface area contributed by atoms with Gasteiger partial charge in [-0.25, -0.2) is 9.34 Å². The fraction of sp³-hybridized carbons (Fsp3) is 0.571. The van der Waals surface area contributed by atoms with E-state index in [1.165, 1.54) is 9.34 Å². The summed E-state index contributed by atoms with van der Waals surface area (Å²) in [6.45, 7) is -2.07. The molecule has 0 amide bonds. The topological polar surface area (TPSA) is 73.2 Å². The molecule has 1 aliphatic heterocycles. The number of benzene rings is 1. The van der Waals surface area contributed by atoms with Gasteiger partial charge < -0.3 is 14.7 Å². The van der Waals surface area contributed by atoms with Crippen molar-refractivity contribution >= 4 is 7.67 Å². The third-order valence-corrected chi connectivity index (χ3v) is 5.74. The van der Waals surface area contributed by atoms with Crippen LogP contribution in [-0.2, 0) is 15.6 Å². The fourth-order valence-electron chi connectivity index (χ4n) is 2.23. The monoisotopic (exact) mass is 316 g/mol. The van der Waals surface area contributed by atoms with E-state index >= 15 is 0 Å². The summed E-state index contributed by atoms with van der Waals surface area (Å²) in [4.78, 5) is 0. The number of aliphatic hydroxyl groups excluding tert-OH is 2. The predicted octanol–water partition coefficient (Wildman–Crippen LogP) is 1.30. The summed E-state index contributed by atoms with van der Waals surface area (Å²) in [5.41, 5.74) is 0.815. The normalized spacial score (nSPS) is 27.4. The van der Waals surface area contributed by atoms with Crippen molar-refractivity contribution in [3.8, 4) is 0 Å². The van der Waals surface area contributed by atoms with Gasteiger partial charge in [0, 0.05) is 28.9 Å². The van der Waals surface area contributed by atoms with Gasteiger partial charge in [-0.05, 0) is 12.0 Å². The zero-order valence-corrected chi connectivity index (χ0v) is 12.8. The molecule has 2 N–H and O–H groups in total. The van der Waals surface area contributed by atoms with Crippen LogP contribution >= 0.6 is 7.67 Å². The van der Waals surface area contributed by atoms with E-state index in [-0.39, 0.29) is 45.9 Å². The van der Waals surface area contributed by atoms with Gasteiger partial charge in [0.15, 0.2) is 0 Å². The third kappa shape index (κ3) is 4.13. The van der Waals surface area contributed by atoms with Gasteiger partial charge in [0.25, 0.3) is 0 Å². The summed E-state index contributed by atoms with van der Waals surface area (Å²) in [6, 6.07) is 9.18. The molecule has 0 spiro atoms. The first-order valence-corrected chi connectivity index (χ1v) is 8.51. The minimum Gasteiger partial charge on any atom is -0.395 e. The fourth-order valence-corrected chi connectivity index (χ4v) is 4.47. The second-order valence-electron chi connectivity index (χ2n) is 4.68. The van der Waals surface area contributed by atoms with Crippen molar-refractivity contribution < 1.29 is 22.0 Å². The lowest BCUT2D eigenvalue weighted by molar-refractivity contribution is 0.138. The Morgan fingerprint density at radius 1 is 1.29 bits per heavy atom. The summed E-state index contributed by atoms with van der Waals surface area (Å²) in [7, 11) is -3.68. The highest BCUT2D eigenvalue weighted by Crippen LogP contribution is 2.56. The first kappa shape index (κ1) is 13.9. The van der Waals surface area contributed by atoms with Crippen molar-refractivity contribution in [2.45, 2.75) is 13.0 Å². The van der Waals surface area contributed by atoms with Crippen LogP contribution in [0.4, 0.5) is 0 Å². The molecule has 1 fully saturated rings. The van der Waals surface area contributed by atoms with E-state index in [9.17, 15) is 14.8 Å². The van der Waals surface area contributed by atoms with Crippen LogP contribution in [0.5, 0.6) is 0 Å². The molecule has 0 saturated carbocycles. The largest absolute Gasteiger partial charge is 0.395 e. The summed E-state index contributed by atoms with van der Waals surface area (Å²) in [6.07, 6.45) is 0.107. The van der Waals surface area contributed by atoms with E-state index in [0.29, 0.717) is 0 Å². The van der Waals surface area contributed by atoms with Gasteiger partial charge in [0.05, 0.1) is 19.8 Å². The molecule has 1 unspecified atom stereocenters. The van der Waals surface area contributed by atoms with Crippen LogP contribution < -0.4 is 0 Å². The highest BCUT2D eigenvalue weighted by Gasteiger charge is 2.40. The Hall–Kier alpha value is -0.750. The number of hydrogen-bond acceptors (Lipinski definition) is 4. The molecule has 1 aromatic rings. The molecule has 7 heteroatoms. The molecule has 1 heterocycles. The number of hydrogen-bond donors (Lipinski definition) is 2. The van der Waals surface area contributed by atoms with Crippen LogP contribution in [0.1, 0.15) is 14.7 Å². The molecule has 1 aromatic carbocycles. The lowest BCUT2D eigenvalue weighted by Gasteiger charge is -2.40.